The van der Waals surface area contributed by atoms with E-state index in [1.165, 1.54) is 21.6 Å². The average molecular weight is 463 g/mol. The van der Waals surface area contributed by atoms with Crippen LogP contribution in [-0.4, -0.2) is 4.92 Å². The molecular weight excluding hydrogens is 440 g/mol. The average Bonchev–Trinajstić information content (AvgIpc) is 3.29. The van der Waals surface area contributed by atoms with Crippen LogP contribution >= 0.6 is 23.4 Å². The van der Waals surface area contributed by atoms with Gasteiger partial charge in [-0.3, -0.25) is 10.1 Å². The molecule has 1 aliphatic carbocycles. The van der Waals surface area contributed by atoms with Crippen LogP contribution in [0.1, 0.15) is 40.6 Å². The summed E-state index contributed by atoms with van der Waals surface area (Å²) in [5.41, 5.74) is 5.87. The van der Waals surface area contributed by atoms with Crippen molar-refractivity contribution in [1.82, 2.24) is 0 Å². The van der Waals surface area contributed by atoms with E-state index in [0.717, 1.165) is 23.4 Å². The maximum Gasteiger partial charge on any atom is 0.288 e. The summed E-state index contributed by atoms with van der Waals surface area (Å²) in [5.74, 6) is 1.54. The van der Waals surface area contributed by atoms with Crippen molar-refractivity contribution in [3.8, 4) is 0 Å². The lowest BCUT2D eigenvalue weighted by atomic mass is 9.76. The minimum absolute atomic E-state index is 0.00158. The van der Waals surface area contributed by atoms with Crippen molar-refractivity contribution in [1.29, 1.82) is 0 Å². The van der Waals surface area contributed by atoms with Crippen molar-refractivity contribution < 1.29 is 4.92 Å². The van der Waals surface area contributed by atoms with Gasteiger partial charge in [-0.2, -0.15) is 0 Å². The number of allylic oxidation sites excluding steroid dienone is 2. The van der Waals surface area contributed by atoms with Gasteiger partial charge >= 0.3 is 0 Å². The molecule has 32 heavy (non-hydrogen) atoms. The molecule has 1 heterocycles. The van der Waals surface area contributed by atoms with Crippen LogP contribution in [0.15, 0.2) is 77.7 Å². The van der Waals surface area contributed by atoms with Crippen molar-refractivity contribution in [3.05, 3.63) is 110 Å². The second kappa shape index (κ2) is 8.64. The Kier molecular flexibility index (Phi) is 5.70. The topological polar surface area (TPSA) is 55.2 Å². The predicted octanol–water partition coefficient (Wildman–Crippen LogP) is 7.68. The van der Waals surface area contributed by atoms with Crippen LogP contribution in [0.3, 0.4) is 0 Å². The van der Waals surface area contributed by atoms with Crippen molar-refractivity contribution in [2.75, 3.05) is 5.32 Å². The zero-order valence-corrected chi connectivity index (χ0v) is 19.2. The third kappa shape index (κ3) is 3.91. The molecule has 0 saturated carbocycles. The highest BCUT2D eigenvalue weighted by Crippen LogP contribution is 2.51. The molecule has 3 aromatic rings. The highest BCUT2D eigenvalue weighted by Gasteiger charge is 2.39. The highest BCUT2D eigenvalue weighted by atomic mass is 35.5. The lowest BCUT2D eigenvalue weighted by Gasteiger charge is -2.38. The standard InChI is InChI=1S/C26H23ClN2O2S/c1-16-12-17(15-32-19-6-3-2-4-7-19)13-22-20-8-5-9-21(20)26(28-25(16)22)18-10-11-23(27)24(14-18)29(30)31/h2-8,10-14,20-21,26,28H,9,15H2,1H3/t20-,21+,26+/m0/s1. The first-order chi connectivity index (χ1) is 15.5. The molecule has 0 aromatic heterocycles. The van der Waals surface area contributed by atoms with Crippen LogP contribution in [0, 0.1) is 23.0 Å². The summed E-state index contributed by atoms with van der Waals surface area (Å²) in [5, 5.41) is 15.3. The van der Waals surface area contributed by atoms with Gasteiger partial charge in [0, 0.05) is 28.3 Å². The molecule has 0 spiro atoms. The molecule has 5 rings (SSSR count). The number of anilines is 1. The molecule has 0 radical (unpaired) electrons. The van der Waals surface area contributed by atoms with E-state index in [4.69, 9.17) is 11.6 Å². The molecule has 0 bridgehead atoms. The molecule has 0 fully saturated rings. The van der Waals surface area contributed by atoms with Crippen LogP contribution in [-0.2, 0) is 5.75 Å². The van der Waals surface area contributed by atoms with Crippen molar-refractivity contribution in [3.63, 3.8) is 0 Å². The summed E-state index contributed by atoms with van der Waals surface area (Å²) >= 11 is 7.91. The summed E-state index contributed by atoms with van der Waals surface area (Å²) in [4.78, 5) is 12.3. The summed E-state index contributed by atoms with van der Waals surface area (Å²) in [6.07, 6.45) is 5.49. The Hall–Kier alpha value is -2.76. The van der Waals surface area contributed by atoms with Crippen molar-refractivity contribution >= 4 is 34.7 Å². The Morgan fingerprint density at radius 1 is 1.16 bits per heavy atom. The summed E-state index contributed by atoms with van der Waals surface area (Å²) in [6, 6.07) is 20.2. The highest BCUT2D eigenvalue weighted by molar-refractivity contribution is 7.98. The second-order valence-corrected chi connectivity index (χ2v) is 9.88. The molecule has 0 unspecified atom stereocenters. The molecule has 6 heteroatoms. The molecule has 2 aliphatic rings. The minimum Gasteiger partial charge on any atom is -0.377 e. The SMILES string of the molecule is Cc1cc(CSc2ccccc2)cc2c1N[C@H](c1ccc(Cl)c([N+](=O)[O-])c1)[C@@H]1CC=C[C@H]21. The number of aryl methyl sites for hydroxylation is 1. The van der Waals surface area contributed by atoms with Gasteiger partial charge in [-0.1, -0.05) is 60.2 Å². The maximum absolute atomic E-state index is 11.4. The van der Waals surface area contributed by atoms with Gasteiger partial charge in [0.15, 0.2) is 0 Å². The Labute approximate surface area is 196 Å². The zero-order chi connectivity index (χ0) is 22.2. The van der Waals surface area contributed by atoms with Crippen LogP contribution in [0.25, 0.3) is 0 Å². The van der Waals surface area contributed by atoms with E-state index in [2.05, 4.69) is 60.8 Å². The van der Waals surface area contributed by atoms with E-state index in [9.17, 15) is 10.1 Å². The fraction of sp³-hybridized carbons (Fsp3) is 0.231. The number of fused-ring (bicyclic) bond motifs is 3. The van der Waals surface area contributed by atoms with Crippen LogP contribution in [0.4, 0.5) is 11.4 Å². The van der Waals surface area contributed by atoms with Crippen molar-refractivity contribution in [2.45, 2.75) is 36.0 Å². The van der Waals surface area contributed by atoms with E-state index in [1.807, 2.05) is 23.9 Å². The molecule has 3 aromatic carbocycles. The van der Waals surface area contributed by atoms with E-state index < -0.39 is 4.92 Å². The van der Waals surface area contributed by atoms with Gasteiger partial charge in [0.1, 0.15) is 5.02 Å². The van der Waals surface area contributed by atoms with E-state index in [-0.39, 0.29) is 16.8 Å². The summed E-state index contributed by atoms with van der Waals surface area (Å²) in [6.45, 7) is 2.14. The molecule has 1 aliphatic heterocycles. The number of rotatable bonds is 5. The lowest BCUT2D eigenvalue weighted by molar-refractivity contribution is -0.384. The third-order valence-electron chi connectivity index (χ3n) is 6.40. The van der Waals surface area contributed by atoms with Gasteiger partial charge < -0.3 is 5.32 Å². The first kappa shape index (κ1) is 21.1. The summed E-state index contributed by atoms with van der Waals surface area (Å²) < 4.78 is 0. The number of nitrogens with zero attached hydrogens (tertiary/aromatic N) is 1. The Morgan fingerprint density at radius 3 is 2.75 bits per heavy atom. The number of halogens is 1. The number of hydrogen-bond acceptors (Lipinski definition) is 4. The van der Waals surface area contributed by atoms with Gasteiger partial charge in [-0.05, 0) is 59.7 Å². The van der Waals surface area contributed by atoms with Crippen molar-refractivity contribution in [2.24, 2.45) is 5.92 Å². The fourth-order valence-corrected chi connectivity index (χ4v) is 5.96. The Balaban J connectivity index is 1.47. The number of nitrogens with one attached hydrogen (secondary N) is 1. The third-order valence-corrected chi connectivity index (χ3v) is 7.80. The number of nitro groups is 1. The quantitative estimate of drug-likeness (QED) is 0.183. The molecule has 0 amide bonds. The van der Waals surface area contributed by atoms with Gasteiger partial charge in [0.05, 0.1) is 11.0 Å². The largest absolute Gasteiger partial charge is 0.377 e. The normalized spacial score (nSPS) is 21.0. The predicted molar refractivity (Wildman–Crippen MR) is 132 cm³/mol. The molecule has 4 nitrogen and oxygen atoms in total. The van der Waals surface area contributed by atoms with Gasteiger partial charge in [-0.25, -0.2) is 0 Å². The van der Waals surface area contributed by atoms with Gasteiger partial charge in [0.2, 0.25) is 0 Å². The number of thioether (sulfide) groups is 1. The number of benzene rings is 3. The molecule has 1 N–H and O–H groups in total. The van der Waals surface area contributed by atoms with Crippen LogP contribution < -0.4 is 5.32 Å². The summed E-state index contributed by atoms with van der Waals surface area (Å²) in [7, 11) is 0. The Morgan fingerprint density at radius 2 is 1.97 bits per heavy atom. The number of hydrogen-bond donors (Lipinski definition) is 1. The second-order valence-electron chi connectivity index (χ2n) is 8.42. The molecule has 162 valence electrons. The fourth-order valence-electron chi connectivity index (χ4n) is 4.92. The van der Waals surface area contributed by atoms with E-state index >= 15 is 0 Å². The molecule has 3 atom stereocenters. The maximum atomic E-state index is 11.4. The zero-order valence-electron chi connectivity index (χ0n) is 17.6. The smallest absolute Gasteiger partial charge is 0.288 e. The molecular formula is C26H23ClN2O2S. The Bertz CT molecular complexity index is 1210. The first-order valence-electron chi connectivity index (χ1n) is 10.7. The number of nitro benzene ring substituents is 1. The van der Waals surface area contributed by atoms with E-state index in [0.29, 0.717) is 11.8 Å². The van der Waals surface area contributed by atoms with E-state index in [1.54, 1.807) is 12.1 Å². The lowest BCUT2D eigenvalue weighted by Crippen LogP contribution is -2.29. The first-order valence-corrected chi connectivity index (χ1v) is 12.1. The van der Waals surface area contributed by atoms with Crippen LogP contribution in [0.5, 0.6) is 0 Å². The van der Waals surface area contributed by atoms with Crippen LogP contribution in [0.2, 0.25) is 5.02 Å². The molecule has 0 saturated heterocycles. The van der Waals surface area contributed by atoms with Gasteiger partial charge in [0.25, 0.3) is 5.69 Å². The minimum atomic E-state index is -0.408. The van der Waals surface area contributed by atoms with Gasteiger partial charge in [-0.15, -0.1) is 11.8 Å². The monoisotopic (exact) mass is 462 g/mol.